The SMILES string of the molecule is C=C(C)Cc1c(OCc2ccccc2)cc(C(=O)OC(C)(C)C)cc1OCc1ccccc1. The number of rotatable bonds is 9. The van der Waals surface area contributed by atoms with Crippen LogP contribution in [-0.4, -0.2) is 11.6 Å². The predicted octanol–water partition coefficient (Wildman–Crippen LogP) is 6.92. The van der Waals surface area contributed by atoms with Crippen LogP contribution >= 0.6 is 0 Å². The second-order valence-electron chi connectivity index (χ2n) is 9.14. The molecule has 3 aromatic rings. The van der Waals surface area contributed by atoms with Crippen molar-refractivity contribution in [2.24, 2.45) is 0 Å². The number of hydrogen-bond acceptors (Lipinski definition) is 4. The average Bonchev–Trinajstić information content (AvgIpc) is 2.77. The van der Waals surface area contributed by atoms with E-state index in [9.17, 15) is 4.79 Å². The van der Waals surface area contributed by atoms with Crippen LogP contribution in [0.1, 0.15) is 54.7 Å². The smallest absolute Gasteiger partial charge is 0.338 e. The summed E-state index contributed by atoms with van der Waals surface area (Å²) in [6, 6.07) is 23.3. The van der Waals surface area contributed by atoms with Crippen LogP contribution in [0.5, 0.6) is 11.5 Å². The summed E-state index contributed by atoms with van der Waals surface area (Å²) in [5.41, 5.74) is 3.68. The number of benzene rings is 3. The molecule has 0 aliphatic heterocycles. The zero-order valence-electron chi connectivity index (χ0n) is 19.9. The fraction of sp³-hybridized carbons (Fsp3) is 0.276. The van der Waals surface area contributed by atoms with E-state index in [2.05, 4.69) is 6.58 Å². The van der Waals surface area contributed by atoms with Gasteiger partial charge in [0.05, 0.1) is 5.56 Å². The Morgan fingerprint density at radius 3 is 1.67 bits per heavy atom. The normalized spacial score (nSPS) is 11.0. The molecule has 0 saturated carbocycles. The van der Waals surface area contributed by atoms with Gasteiger partial charge < -0.3 is 14.2 Å². The van der Waals surface area contributed by atoms with Crippen LogP contribution in [0.25, 0.3) is 0 Å². The van der Waals surface area contributed by atoms with Crippen molar-refractivity contribution in [1.82, 2.24) is 0 Å². The first kappa shape index (κ1) is 24.1. The average molecular weight is 445 g/mol. The molecule has 0 fully saturated rings. The molecule has 0 amide bonds. The molecule has 0 aliphatic carbocycles. The zero-order valence-corrected chi connectivity index (χ0v) is 19.9. The van der Waals surface area contributed by atoms with E-state index < -0.39 is 11.6 Å². The number of esters is 1. The van der Waals surface area contributed by atoms with Gasteiger partial charge in [-0.2, -0.15) is 0 Å². The Balaban J connectivity index is 1.99. The van der Waals surface area contributed by atoms with E-state index in [4.69, 9.17) is 14.2 Å². The molecule has 0 radical (unpaired) electrons. The Morgan fingerprint density at radius 1 is 0.818 bits per heavy atom. The summed E-state index contributed by atoms with van der Waals surface area (Å²) in [7, 11) is 0. The summed E-state index contributed by atoms with van der Waals surface area (Å²) in [6.07, 6.45) is 0.572. The molecule has 33 heavy (non-hydrogen) atoms. The van der Waals surface area contributed by atoms with Gasteiger partial charge in [0.25, 0.3) is 0 Å². The van der Waals surface area contributed by atoms with Gasteiger partial charge in [-0.05, 0) is 51.0 Å². The molecule has 172 valence electrons. The molecular formula is C29H32O4. The molecule has 4 nitrogen and oxygen atoms in total. The summed E-state index contributed by atoms with van der Waals surface area (Å²) in [5.74, 6) is 0.764. The van der Waals surface area contributed by atoms with Gasteiger partial charge in [-0.25, -0.2) is 4.79 Å². The standard InChI is InChI=1S/C29H32O4/c1-21(2)16-25-26(31-19-22-12-8-6-9-13-22)17-24(28(30)33-29(3,4)5)18-27(25)32-20-23-14-10-7-11-15-23/h6-15,17-18H,1,16,19-20H2,2-5H3. The zero-order chi connectivity index (χ0) is 23.8. The monoisotopic (exact) mass is 444 g/mol. The summed E-state index contributed by atoms with van der Waals surface area (Å²) in [6.45, 7) is 12.3. The first-order chi connectivity index (χ1) is 15.7. The third-order valence-electron chi connectivity index (χ3n) is 4.76. The molecular weight excluding hydrogens is 412 g/mol. The van der Waals surface area contributed by atoms with Gasteiger partial charge in [-0.15, -0.1) is 0 Å². The van der Waals surface area contributed by atoms with Crippen LogP contribution in [-0.2, 0) is 24.4 Å². The number of hydrogen-bond donors (Lipinski definition) is 0. The summed E-state index contributed by atoms with van der Waals surface area (Å²) < 4.78 is 18.0. The van der Waals surface area contributed by atoms with E-state index >= 15 is 0 Å². The molecule has 0 spiro atoms. The Labute approximate surface area is 196 Å². The van der Waals surface area contributed by atoms with Crippen molar-refractivity contribution in [2.45, 2.75) is 52.9 Å². The van der Waals surface area contributed by atoms with Crippen molar-refractivity contribution < 1.29 is 19.0 Å². The van der Waals surface area contributed by atoms with Crippen molar-refractivity contribution in [3.05, 3.63) is 107 Å². The minimum absolute atomic E-state index is 0.375. The summed E-state index contributed by atoms with van der Waals surface area (Å²) in [4.78, 5) is 12.9. The van der Waals surface area contributed by atoms with Crippen LogP contribution in [0.4, 0.5) is 0 Å². The minimum Gasteiger partial charge on any atom is -0.488 e. The first-order valence-electron chi connectivity index (χ1n) is 11.1. The quantitative estimate of drug-likeness (QED) is 0.265. The lowest BCUT2D eigenvalue weighted by Gasteiger charge is -2.22. The summed E-state index contributed by atoms with van der Waals surface area (Å²) >= 11 is 0. The second kappa shape index (κ2) is 10.9. The Kier molecular flexibility index (Phi) is 7.94. The molecule has 0 unspecified atom stereocenters. The van der Waals surface area contributed by atoms with Crippen LogP contribution in [0, 0.1) is 0 Å². The molecule has 4 heteroatoms. The van der Waals surface area contributed by atoms with Gasteiger partial charge >= 0.3 is 5.97 Å². The van der Waals surface area contributed by atoms with Crippen LogP contribution in [0.15, 0.2) is 84.9 Å². The highest BCUT2D eigenvalue weighted by atomic mass is 16.6. The van der Waals surface area contributed by atoms with Crippen LogP contribution < -0.4 is 9.47 Å². The second-order valence-corrected chi connectivity index (χ2v) is 9.14. The third-order valence-corrected chi connectivity index (χ3v) is 4.76. The lowest BCUT2D eigenvalue weighted by Crippen LogP contribution is -2.24. The molecule has 3 aromatic carbocycles. The van der Waals surface area contributed by atoms with Gasteiger partial charge in [-0.3, -0.25) is 0 Å². The van der Waals surface area contributed by atoms with E-state index in [1.54, 1.807) is 12.1 Å². The van der Waals surface area contributed by atoms with Gasteiger partial charge in [0.15, 0.2) is 0 Å². The van der Waals surface area contributed by atoms with E-state index in [0.717, 1.165) is 22.3 Å². The molecule has 0 atom stereocenters. The highest BCUT2D eigenvalue weighted by Crippen LogP contribution is 2.34. The van der Waals surface area contributed by atoms with Crippen LogP contribution in [0.3, 0.4) is 0 Å². The minimum atomic E-state index is -0.608. The first-order valence-corrected chi connectivity index (χ1v) is 11.1. The van der Waals surface area contributed by atoms with Crippen molar-refractivity contribution >= 4 is 5.97 Å². The lowest BCUT2D eigenvalue weighted by molar-refractivity contribution is 0.00685. The topological polar surface area (TPSA) is 44.8 Å². The van der Waals surface area contributed by atoms with Crippen molar-refractivity contribution in [1.29, 1.82) is 0 Å². The Bertz CT molecular complexity index is 1020. The predicted molar refractivity (Wildman–Crippen MR) is 132 cm³/mol. The number of carbonyl (C=O) groups excluding carboxylic acids is 1. The molecule has 0 saturated heterocycles. The molecule has 3 rings (SSSR count). The van der Waals surface area contributed by atoms with Crippen LogP contribution in [0.2, 0.25) is 0 Å². The molecule has 0 bridgehead atoms. The Morgan fingerprint density at radius 2 is 1.27 bits per heavy atom. The van der Waals surface area contributed by atoms with E-state index in [-0.39, 0.29) is 0 Å². The van der Waals surface area contributed by atoms with E-state index in [0.29, 0.717) is 36.7 Å². The van der Waals surface area contributed by atoms with Gasteiger partial charge in [-0.1, -0.05) is 72.8 Å². The third kappa shape index (κ3) is 7.53. The van der Waals surface area contributed by atoms with Crippen molar-refractivity contribution in [3.8, 4) is 11.5 Å². The molecule has 0 aliphatic rings. The fourth-order valence-corrected chi connectivity index (χ4v) is 3.28. The van der Waals surface area contributed by atoms with E-state index in [1.807, 2.05) is 88.4 Å². The van der Waals surface area contributed by atoms with Crippen molar-refractivity contribution in [3.63, 3.8) is 0 Å². The maximum atomic E-state index is 12.9. The molecule has 0 heterocycles. The van der Waals surface area contributed by atoms with Gasteiger partial charge in [0.2, 0.25) is 0 Å². The highest BCUT2D eigenvalue weighted by molar-refractivity contribution is 5.91. The summed E-state index contributed by atoms with van der Waals surface area (Å²) in [5, 5.41) is 0. The number of allylic oxidation sites excluding steroid dienone is 1. The fourth-order valence-electron chi connectivity index (χ4n) is 3.28. The van der Waals surface area contributed by atoms with Gasteiger partial charge in [0.1, 0.15) is 30.3 Å². The Hall–Kier alpha value is -3.53. The molecule has 0 aromatic heterocycles. The van der Waals surface area contributed by atoms with E-state index in [1.165, 1.54) is 0 Å². The largest absolute Gasteiger partial charge is 0.488 e. The van der Waals surface area contributed by atoms with Gasteiger partial charge in [0, 0.05) is 12.0 Å². The lowest BCUT2D eigenvalue weighted by atomic mass is 10.0. The van der Waals surface area contributed by atoms with Crippen molar-refractivity contribution in [2.75, 3.05) is 0 Å². The number of ether oxygens (including phenoxy) is 3. The molecule has 0 N–H and O–H groups in total. The maximum Gasteiger partial charge on any atom is 0.338 e. The number of carbonyl (C=O) groups is 1. The maximum absolute atomic E-state index is 12.9. The highest BCUT2D eigenvalue weighted by Gasteiger charge is 2.22.